The van der Waals surface area contributed by atoms with E-state index in [0.717, 1.165) is 24.3 Å². The van der Waals surface area contributed by atoms with Gasteiger partial charge in [0.05, 0.1) is 21.9 Å². The average molecular weight is 448 g/mol. The number of hydrogen-bond acceptors (Lipinski definition) is 6. The number of rotatable bonds is 8. The summed E-state index contributed by atoms with van der Waals surface area (Å²) in [6, 6.07) is 5.76. The Labute approximate surface area is 171 Å². The number of ether oxygens (including phenoxy) is 1. The highest BCUT2D eigenvalue weighted by Gasteiger charge is 2.31. The molecule has 0 fully saturated rings. The van der Waals surface area contributed by atoms with Crippen LogP contribution in [0.15, 0.2) is 36.4 Å². The minimum Gasteiger partial charge on any atom is -0.481 e. The topological polar surface area (TPSA) is 131 Å². The molecule has 0 aliphatic heterocycles. The Kier molecular flexibility index (Phi) is 7.06. The van der Waals surface area contributed by atoms with Gasteiger partial charge in [0.2, 0.25) is 5.91 Å². The molecule has 30 heavy (non-hydrogen) atoms. The summed E-state index contributed by atoms with van der Waals surface area (Å²) in [5, 5.41) is 19.4. The Bertz CT molecular complexity index is 984. The Hall–Kier alpha value is -3.54. The highest BCUT2D eigenvalue weighted by molar-refractivity contribution is 6.32. The van der Waals surface area contributed by atoms with Gasteiger partial charge in [-0.1, -0.05) is 11.6 Å². The minimum atomic E-state index is -4.59. The van der Waals surface area contributed by atoms with Crippen LogP contribution in [0.3, 0.4) is 0 Å². The fraction of sp³-hybridized carbons (Fsp3) is 0.176. The molecule has 9 nitrogen and oxygen atoms in total. The third-order valence-electron chi connectivity index (χ3n) is 3.55. The molecule has 0 aromatic heterocycles. The van der Waals surface area contributed by atoms with Gasteiger partial charge in [-0.3, -0.25) is 30.6 Å². The van der Waals surface area contributed by atoms with Crippen LogP contribution >= 0.6 is 11.6 Å². The highest BCUT2D eigenvalue weighted by atomic mass is 35.5. The third-order valence-corrected chi connectivity index (χ3v) is 3.85. The molecule has 1 amide bonds. The SMILES string of the molecule is O=C(O)CCC(=O)NNc1cc(Oc2ccc(C(F)(F)F)cc2Cl)ccc1[N+](=O)[O-]. The van der Waals surface area contributed by atoms with E-state index < -0.39 is 40.6 Å². The number of benzene rings is 2. The fourth-order valence-electron chi connectivity index (χ4n) is 2.14. The number of hydrogen-bond donors (Lipinski definition) is 3. The van der Waals surface area contributed by atoms with Crippen molar-refractivity contribution < 1.29 is 37.5 Å². The molecular weight excluding hydrogens is 435 g/mol. The van der Waals surface area contributed by atoms with Crippen molar-refractivity contribution in [1.82, 2.24) is 5.43 Å². The quantitative estimate of drug-likeness (QED) is 0.404. The van der Waals surface area contributed by atoms with Crippen molar-refractivity contribution in [3.8, 4) is 11.5 Å². The number of amides is 1. The molecule has 2 rings (SSSR count). The van der Waals surface area contributed by atoms with Gasteiger partial charge >= 0.3 is 12.1 Å². The van der Waals surface area contributed by atoms with E-state index in [0.29, 0.717) is 6.07 Å². The van der Waals surface area contributed by atoms with Gasteiger partial charge in [-0.15, -0.1) is 0 Å². The van der Waals surface area contributed by atoms with Crippen LogP contribution in [0.5, 0.6) is 11.5 Å². The van der Waals surface area contributed by atoms with Crippen LogP contribution in [0.1, 0.15) is 18.4 Å². The lowest BCUT2D eigenvalue weighted by atomic mass is 10.2. The predicted molar refractivity (Wildman–Crippen MR) is 98.3 cm³/mol. The first-order valence-electron chi connectivity index (χ1n) is 8.07. The molecule has 0 heterocycles. The normalized spacial score (nSPS) is 10.9. The summed E-state index contributed by atoms with van der Waals surface area (Å²) in [6.45, 7) is 0. The summed E-state index contributed by atoms with van der Waals surface area (Å²) in [5.74, 6) is -2.08. The monoisotopic (exact) mass is 447 g/mol. The van der Waals surface area contributed by atoms with E-state index in [1.54, 1.807) is 0 Å². The Morgan fingerprint density at radius 3 is 2.43 bits per heavy atom. The minimum absolute atomic E-state index is 0.0236. The zero-order valence-corrected chi connectivity index (χ0v) is 15.6. The summed E-state index contributed by atoms with van der Waals surface area (Å²) in [4.78, 5) is 32.4. The van der Waals surface area contributed by atoms with Gasteiger partial charge < -0.3 is 9.84 Å². The summed E-state index contributed by atoms with van der Waals surface area (Å²) in [7, 11) is 0. The van der Waals surface area contributed by atoms with Crippen LogP contribution in [0.4, 0.5) is 24.5 Å². The lowest BCUT2D eigenvalue weighted by molar-refractivity contribution is -0.384. The second-order valence-corrected chi connectivity index (χ2v) is 6.16. The summed E-state index contributed by atoms with van der Waals surface area (Å²) >= 11 is 5.82. The number of carboxylic acid groups (broad SMARTS) is 1. The van der Waals surface area contributed by atoms with Crippen LogP contribution in [-0.2, 0) is 15.8 Å². The Balaban J connectivity index is 2.20. The van der Waals surface area contributed by atoms with E-state index in [1.165, 1.54) is 6.07 Å². The van der Waals surface area contributed by atoms with E-state index in [9.17, 15) is 32.9 Å². The van der Waals surface area contributed by atoms with Gasteiger partial charge in [0.1, 0.15) is 17.2 Å². The van der Waals surface area contributed by atoms with Crippen molar-refractivity contribution in [2.45, 2.75) is 19.0 Å². The van der Waals surface area contributed by atoms with E-state index in [2.05, 4.69) is 10.9 Å². The predicted octanol–water partition coefficient (Wildman–Crippen LogP) is 4.37. The fourth-order valence-corrected chi connectivity index (χ4v) is 2.36. The number of halogens is 4. The molecule has 2 aromatic carbocycles. The molecule has 0 radical (unpaired) electrons. The lowest BCUT2D eigenvalue weighted by Crippen LogP contribution is -2.29. The van der Waals surface area contributed by atoms with E-state index in [-0.39, 0.29) is 28.6 Å². The molecule has 0 atom stereocenters. The Morgan fingerprint density at radius 1 is 1.17 bits per heavy atom. The first kappa shape index (κ1) is 22.7. The third kappa shape index (κ3) is 6.24. The Morgan fingerprint density at radius 2 is 1.87 bits per heavy atom. The molecule has 0 spiro atoms. The van der Waals surface area contributed by atoms with Crippen molar-refractivity contribution in [3.63, 3.8) is 0 Å². The number of alkyl halides is 3. The number of carbonyl (C=O) groups is 2. The van der Waals surface area contributed by atoms with Crippen LogP contribution in [0.25, 0.3) is 0 Å². The van der Waals surface area contributed by atoms with Gasteiger partial charge in [-0.2, -0.15) is 13.2 Å². The average Bonchev–Trinajstić information content (AvgIpc) is 2.65. The maximum Gasteiger partial charge on any atom is 0.416 e. The summed E-state index contributed by atoms with van der Waals surface area (Å²) in [6.07, 6.45) is -5.40. The van der Waals surface area contributed by atoms with Gasteiger partial charge in [-0.05, 0) is 24.3 Å². The number of nitro benzene ring substituents is 1. The summed E-state index contributed by atoms with van der Waals surface area (Å²) in [5.41, 5.74) is 2.78. The van der Waals surface area contributed by atoms with Gasteiger partial charge in [0.25, 0.3) is 5.69 Å². The molecule has 2 aromatic rings. The van der Waals surface area contributed by atoms with Crippen molar-refractivity contribution in [1.29, 1.82) is 0 Å². The first-order valence-corrected chi connectivity index (χ1v) is 8.45. The van der Waals surface area contributed by atoms with E-state index >= 15 is 0 Å². The highest BCUT2D eigenvalue weighted by Crippen LogP contribution is 2.37. The largest absolute Gasteiger partial charge is 0.481 e. The second-order valence-electron chi connectivity index (χ2n) is 5.75. The number of carboxylic acids is 1. The zero-order valence-electron chi connectivity index (χ0n) is 14.8. The molecule has 160 valence electrons. The number of carbonyl (C=O) groups excluding carboxylic acids is 1. The molecular formula is C17H13ClF3N3O6. The molecule has 0 saturated carbocycles. The van der Waals surface area contributed by atoms with E-state index in [1.807, 2.05) is 0 Å². The number of nitro groups is 1. The van der Waals surface area contributed by atoms with Gasteiger partial charge in [0, 0.05) is 18.6 Å². The number of nitrogens with one attached hydrogen (secondary N) is 2. The van der Waals surface area contributed by atoms with Crippen LogP contribution in [0.2, 0.25) is 5.02 Å². The summed E-state index contributed by atoms with van der Waals surface area (Å²) < 4.78 is 43.5. The van der Waals surface area contributed by atoms with Crippen molar-refractivity contribution in [2.24, 2.45) is 0 Å². The number of nitrogens with zero attached hydrogens (tertiary/aromatic N) is 1. The second kappa shape index (κ2) is 9.31. The standard InChI is InChI=1S/C17H13ClF3N3O6/c18-11-7-9(17(19,20)21)1-4-14(11)30-10-2-3-13(24(28)29)12(8-10)22-23-15(25)5-6-16(26)27/h1-4,7-8,22H,5-6H2,(H,23,25)(H,26,27). The smallest absolute Gasteiger partial charge is 0.416 e. The molecule has 0 aliphatic rings. The molecule has 3 N–H and O–H groups in total. The number of aliphatic carboxylic acids is 1. The van der Waals surface area contributed by atoms with Crippen LogP contribution in [0, 0.1) is 10.1 Å². The van der Waals surface area contributed by atoms with Crippen LogP contribution < -0.4 is 15.6 Å². The molecule has 0 bridgehead atoms. The molecule has 13 heteroatoms. The zero-order chi connectivity index (χ0) is 22.5. The van der Waals surface area contributed by atoms with E-state index in [4.69, 9.17) is 21.4 Å². The van der Waals surface area contributed by atoms with Gasteiger partial charge in [0.15, 0.2) is 0 Å². The number of hydrazine groups is 1. The molecule has 0 aliphatic carbocycles. The first-order chi connectivity index (χ1) is 14.0. The number of anilines is 1. The van der Waals surface area contributed by atoms with Crippen molar-refractivity contribution in [3.05, 3.63) is 57.1 Å². The maximum absolute atomic E-state index is 12.7. The lowest BCUT2D eigenvalue weighted by Gasteiger charge is -2.13. The van der Waals surface area contributed by atoms with Crippen LogP contribution in [-0.4, -0.2) is 21.9 Å². The molecule has 0 saturated heterocycles. The molecule has 0 unspecified atom stereocenters. The van der Waals surface area contributed by atoms with Crippen molar-refractivity contribution >= 4 is 34.9 Å². The maximum atomic E-state index is 12.7. The van der Waals surface area contributed by atoms with Gasteiger partial charge in [-0.25, -0.2) is 0 Å². The van der Waals surface area contributed by atoms with Crippen molar-refractivity contribution in [2.75, 3.05) is 5.43 Å².